The highest BCUT2D eigenvalue weighted by atomic mass is 32.2. The van der Waals surface area contributed by atoms with Crippen LogP contribution in [0, 0.1) is 5.82 Å². The molecule has 0 spiro atoms. The normalized spacial score (nSPS) is 11.3. The molecule has 20 heavy (non-hydrogen) atoms. The number of hydrogen-bond donors (Lipinski definition) is 2. The zero-order chi connectivity index (χ0) is 14.9. The summed E-state index contributed by atoms with van der Waals surface area (Å²) in [7, 11) is -2.28. The minimum Gasteiger partial charge on any atom is -0.389 e. The molecule has 0 amide bonds. The number of rotatable bonds is 4. The van der Waals surface area contributed by atoms with Crippen LogP contribution < -0.4 is 10.5 Å². The summed E-state index contributed by atoms with van der Waals surface area (Å²) in [5, 5.41) is 3.84. The van der Waals surface area contributed by atoms with Crippen LogP contribution in [0.5, 0.6) is 0 Å². The Morgan fingerprint density at radius 1 is 1.45 bits per heavy atom. The Balaban J connectivity index is 2.42. The molecule has 1 aromatic heterocycles. The highest BCUT2D eigenvalue weighted by Crippen LogP contribution is 2.18. The van der Waals surface area contributed by atoms with E-state index in [1.165, 1.54) is 16.9 Å². The molecule has 0 unspecified atom stereocenters. The predicted molar refractivity (Wildman–Crippen MR) is 76.3 cm³/mol. The molecule has 0 radical (unpaired) electrons. The van der Waals surface area contributed by atoms with E-state index in [4.69, 9.17) is 5.73 Å². The minimum atomic E-state index is -3.87. The van der Waals surface area contributed by atoms with Gasteiger partial charge in [0, 0.05) is 18.7 Å². The van der Waals surface area contributed by atoms with Crippen molar-refractivity contribution in [2.75, 3.05) is 4.72 Å². The Morgan fingerprint density at radius 2 is 2.15 bits per heavy atom. The third-order valence-corrected chi connectivity index (χ3v) is 4.15. The molecule has 1 heterocycles. The molecule has 0 saturated heterocycles. The number of nitrogens with two attached hydrogens (primary N) is 1. The number of halogens is 1. The molecule has 0 aliphatic rings. The van der Waals surface area contributed by atoms with Crippen molar-refractivity contribution in [3.05, 3.63) is 41.8 Å². The zero-order valence-electron chi connectivity index (χ0n) is 10.4. The molecule has 0 aliphatic heterocycles. The van der Waals surface area contributed by atoms with Gasteiger partial charge in [0.15, 0.2) is 0 Å². The van der Waals surface area contributed by atoms with Gasteiger partial charge in [-0.3, -0.25) is 9.40 Å². The lowest BCUT2D eigenvalue weighted by Gasteiger charge is -2.09. The summed E-state index contributed by atoms with van der Waals surface area (Å²) in [5.74, 6) is -0.386. The third kappa shape index (κ3) is 2.78. The van der Waals surface area contributed by atoms with Gasteiger partial charge in [0.1, 0.15) is 16.6 Å². The first-order valence-electron chi connectivity index (χ1n) is 5.41. The van der Waals surface area contributed by atoms with Gasteiger partial charge in [-0.05, 0) is 18.2 Å². The fourth-order valence-corrected chi connectivity index (χ4v) is 2.80. The summed E-state index contributed by atoms with van der Waals surface area (Å²) >= 11 is 4.68. The van der Waals surface area contributed by atoms with Gasteiger partial charge in [0.25, 0.3) is 10.0 Å². The summed E-state index contributed by atoms with van der Waals surface area (Å²) in [5.41, 5.74) is 5.23. The lowest BCUT2D eigenvalue weighted by molar-refractivity contribution is 0.598. The van der Waals surface area contributed by atoms with Crippen LogP contribution in [-0.2, 0) is 17.1 Å². The van der Waals surface area contributed by atoms with Crippen molar-refractivity contribution < 1.29 is 12.8 Å². The molecule has 2 rings (SSSR count). The van der Waals surface area contributed by atoms with E-state index in [1.54, 1.807) is 7.05 Å². The van der Waals surface area contributed by atoms with E-state index in [2.05, 4.69) is 22.0 Å². The fraction of sp³-hybridized carbons (Fsp3) is 0.0909. The molecule has 2 aromatic rings. The number of anilines is 1. The summed E-state index contributed by atoms with van der Waals surface area (Å²) in [6.07, 6.45) is 1.45. The smallest absolute Gasteiger partial charge is 0.263 e. The van der Waals surface area contributed by atoms with Crippen LogP contribution in [0.15, 0.2) is 35.4 Å². The first kappa shape index (κ1) is 14.4. The number of thiocarbonyl (C=S) groups is 1. The van der Waals surface area contributed by atoms with E-state index in [9.17, 15) is 12.8 Å². The van der Waals surface area contributed by atoms with Crippen LogP contribution in [0.2, 0.25) is 0 Å². The Labute approximate surface area is 120 Å². The SMILES string of the molecule is Cn1nccc1NS(=O)(=O)c1ccc(F)c(C(N)=S)c1. The predicted octanol–water partition coefficient (Wildman–Crippen LogP) is 0.994. The second-order valence-electron chi connectivity index (χ2n) is 3.95. The molecule has 106 valence electrons. The maximum absolute atomic E-state index is 13.5. The van der Waals surface area contributed by atoms with Gasteiger partial charge >= 0.3 is 0 Å². The number of aromatic nitrogens is 2. The van der Waals surface area contributed by atoms with E-state index in [0.717, 1.165) is 18.2 Å². The van der Waals surface area contributed by atoms with Crippen LogP contribution in [0.1, 0.15) is 5.56 Å². The maximum atomic E-state index is 13.5. The number of hydrogen-bond acceptors (Lipinski definition) is 4. The molecule has 0 fully saturated rings. The second kappa shape index (κ2) is 5.17. The Hall–Kier alpha value is -2.00. The highest BCUT2D eigenvalue weighted by Gasteiger charge is 2.18. The van der Waals surface area contributed by atoms with E-state index in [-0.39, 0.29) is 21.3 Å². The van der Waals surface area contributed by atoms with Crippen LogP contribution >= 0.6 is 12.2 Å². The first-order chi connectivity index (χ1) is 9.31. The molecule has 0 bridgehead atoms. The molecular formula is C11H11FN4O2S2. The molecule has 9 heteroatoms. The van der Waals surface area contributed by atoms with Gasteiger partial charge in [-0.15, -0.1) is 0 Å². The number of benzene rings is 1. The lowest BCUT2D eigenvalue weighted by Crippen LogP contribution is -2.17. The van der Waals surface area contributed by atoms with Gasteiger partial charge in [-0.2, -0.15) is 5.10 Å². The van der Waals surface area contributed by atoms with Gasteiger partial charge in [0.2, 0.25) is 0 Å². The van der Waals surface area contributed by atoms with E-state index in [1.807, 2.05) is 0 Å². The van der Waals surface area contributed by atoms with E-state index in [0.29, 0.717) is 0 Å². The Bertz CT molecular complexity index is 770. The summed E-state index contributed by atoms with van der Waals surface area (Å²) in [6.45, 7) is 0. The van der Waals surface area contributed by atoms with Crippen molar-refractivity contribution in [2.45, 2.75) is 4.90 Å². The van der Waals surface area contributed by atoms with E-state index < -0.39 is 15.8 Å². The van der Waals surface area contributed by atoms with Crippen molar-refractivity contribution >= 4 is 33.0 Å². The van der Waals surface area contributed by atoms with Crippen LogP contribution in [-0.4, -0.2) is 23.2 Å². The number of aryl methyl sites for hydroxylation is 1. The standard InChI is InChI=1S/C11H11FN4O2S2/c1-16-10(4-5-14-16)15-20(17,18)7-2-3-9(12)8(6-7)11(13)19/h2-6,15H,1H3,(H2,13,19). The largest absolute Gasteiger partial charge is 0.389 e. The van der Waals surface area contributed by atoms with E-state index >= 15 is 0 Å². The maximum Gasteiger partial charge on any atom is 0.263 e. The quantitative estimate of drug-likeness (QED) is 0.822. The second-order valence-corrected chi connectivity index (χ2v) is 6.07. The Morgan fingerprint density at radius 3 is 2.70 bits per heavy atom. The molecular weight excluding hydrogens is 303 g/mol. The van der Waals surface area contributed by atoms with Gasteiger partial charge in [-0.25, -0.2) is 12.8 Å². The molecule has 0 saturated carbocycles. The van der Waals surface area contributed by atoms with Crippen LogP contribution in [0.3, 0.4) is 0 Å². The number of nitrogens with zero attached hydrogens (tertiary/aromatic N) is 2. The van der Waals surface area contributed by atoms with Crippen molar-refractivity contribution in [3.63, 3.8) is 0 Å². The first-order valence-corrected chi connectivity index (χ1v) is 7.30. The minimum absolute atomic E-state index is 0.118. The van der Waals surface area contributed by atoms with Crippen molar-refractivity contribution in [1.82, 2.24) is 9.78 Å². The molecule has 0 aliphatic carbocycles. The average molecular weight is 314 g/mol. The van der Waals surface area contributed by atoms with Crippen molar-refractivity contribution in [2.24, 2.45) is 12.8 Å². The number of nitrogens with one attached hydrogen (secondary N) is 1. The topological polar surface area (TPSA) is 90.0 Å². The number of sulfonamides is 1. The highest BCUT2D eigenvalue weighted by molar-refractivity contribution is 7.92. The molecule has 1 aromatic carbocycles. The molecule has 6 nitrogen and oxygen atoms in total. The van der Waals surface area contributed by atoms with Gasteiger partial charge in [0.05, 0.1) is 11.1 Å². The van der Waals surface area contributed by atoms with Gasteiger partial charge < -0.3 is 5.73 Å². The van der Waals surface area contributed by atoms with Crippen molar-refractivity contribution in [1.29, 1.82) is 0 Å². The average Bonchev–Trinajstić information content (AvgIpc) is 2.74. The van der Waals surface area contributed by atoms with Crippen molar-refractivity contribution in [3.8, 4) is 0 Å². The van der Waals surface area contributed by atoms with Crippen LogP contribution in [0.25, 0.3) is 0 Å². The fourth-order valence-electron chi connectivity index (χ4n) is 1.53. The summed E-state index contributed by atoms with van der Waals surface area (Å²) in [4.78, 5) is -0.344. The molecule has 0 atom stereocenters. The molecule has 3 N–H and O–H groups in total. The summed E-state index contributed by atoms with van der Waals surface area (Å²) < 4.78 is 41.5. The summed E-state index contributed by atoms with van der Waals surface area (Å²) in [6, 6.07) is 4.73. The van der Waals surface area contributed by atoms with Crippen LogP contribution in [0.4, 0.5) is 10.2 Å². The zero-order valence-corrected chi connectivity index (χ0v) is 12.0. The lowest BCUT2D eigenvalue weighted by atomic mass is 10.2. The van der Waals surface area contributed by atoms with Gasteiger partial charge in [-0.1, -0.05) is 12.2 Å². The Kier molecular flexibility index (Phi) is 3.73. The third-order valence-electron chi connectivity index (χ3n) is 2.57. The monoisotopic (exact) mass is 314 g/mol.